The Morgan fingerprint density at radius 2 is 1.90 bits per heavy atom. The molecule has 0 aliphatic rings. The van der Waals surface area contributed by atoms with Gasteiger partial charge in [0.1, 0.15) is 0 Å². The monoisotopic (exact) mass is 308 g/mol. The number of halogens is 2. The Morgan fingerprint density at radius 3 is 2.60 bits per heavy atom. The van der Waals surface area contributed by atoms with Gasteiger partial charge in [0.2, 0.25) is 0 Å². The van der Waals surface area contributed by atoms with Gasteiger partial charge >= 0.3 is 6.03 Å². The number of anilines is 1. The maximum atomic E-state index is 12.1. The molecule has 0 aliphatic heterocycles. The van der Waals surface area contributed by atoms with Crippen LogP contribution in [0.2, 0.25) is 10.0 Å². The largest absolute Gasteiger partial charge is 0.323 e. The quantitative estimate of drug-likeness (QED) is 0.879. The molecule has 0 aliphatic carbocycles. The van der Waals surface area contributed by atoms with Crippen molar-refractivity contribution in [3.8, 4) is 0 Å². The highest BCUT2D eigenvalue weighted by Crippen LogP contribution is 2.18. The summed E-state index contributed by atoms with van der Waals surface area (Å²) in [6.45, 7) is 0.437. The van der Waals surface area contributed by atoms with Gasteiger partial charge in [-0.05, 0) is 29.8 Å². The van der Waals surface area contributed by atoms with Crippen LogP contribution in [0.5, 0.6) is 0 Å². The summed E-state index contributed by atoms with van der Waals surface area (Å²) >= 11 is 12.0. The Labute approximate surface area is 128 Å². The van der Waals surface area contributed by atoms with E-state index in [4.69, 9.17) is 23.2 Å². The molecule has 2 rings (SSSR count). The lowest BCUT2D eigenvalue weighted by atomic mass is 10.2. The van der Waals surface area contributed by atoms with Crippen molar-refractivity contribution in [3.05, 3.63) is 64.1 Å². The van der Waals surface area contributed by atoms with Gasteiger partial charge in [0.15, 0.2) is 0 Å². The van der Waals surface area contributed by atoms with E-state index in [1.54, 1.807) is 42.3 Å². The number of carbonyl (C=O) groups is 1. The molecule has 0 bridgehead atoms. The second kappa shape index (κ2) is 6.64. The number of hydrogen-bond acceptors (Lipinski definition) is 1. The molecule has 2 aromatic rings. The topological polar surface area (TPSA) is 32.3 Å². The summed E-state index contributed by atoms with van der Waals surface area (Å²) in [5, 5.41) is 4.01. The first-order chi connectivity index (χ1) is 9.56. The molecule has 3 nitrogen and oxygen atoms in total. The summed E-state index contributed by atoms with van der Waals surface area (Å²) in [5.41, 5.74) is 1.56. The summed E-state index contributed by atoms with van der Waals surface area (Å²) < 4.78 is 0. The van der Waals surface area contributed by atoms with E-state index in [0.29, 0.717) is 22.3 Å². The highest BCUT2D eigenvalue weighted by Gasteiger charge is 2.11. The highest BCUT2D eigenvalue weighted by molar-refractivity contribution is 6.31. The number of carbonyl (C=O) groups excluding carboxylic acids is 1. The number of nitrogens with one attached hydrogen (secondary N) is 1. The molecule has 2 amide bonds. The molecule has 0 spiro atoms. The Kier molecular flexibility index (Phi) is 4.88. The van der Waals surface area contributed by atoms with E-state index < -0.39 is 0 Å². The highest BCUT2D eigenvalue weighted by atomic mass is 35.5. The number of hydrogen-bond donors (Lipinski definition) is 1. The van der Waals surface area contributed by atoms with Gasteiger partial charge < -0.3 is 10.2 Å². The number of urea groups is 1. The molecule has 0 saturated heterocycles. The van der Waals surface area contributed by atoms with Crippen LogP contribution < -0.4 is 5.32 Å². The van der Waals surface area contributed by atoms with Crippen LogP contribution in [0, 0.1) is 0 Å². The molecule has 0 unspecified atom stereocenters. The summed E-state index contributed by atoms with van der Waals surface area (Å²) in [7, 11) is 1.71. The molecular weight excluding hydrogens is 295 g/mol. The maximum absolute atomic E-state index is 12.1. The van der Waals surface area contributed by atoms with Crippen molar-refractivity contribution in [2.45, 2.75) is 6.54 Å². The van der Waals surface area contributed by atoms with Crippen molar-refractivity contribution >= 4 is 34.9 Å². The number of rotatable bonds is 3. The second-order valence-corrected chi connectivity index (χ2v) is 5.23. The minimum atomic E-state index is -0.216. The molecule has 2 aromatic carbocycles. The number of amides is 2. The van der Waals surface area contributed by atoms with Gasteiger partial charge in [-0.1, -0.05) is 47.5 Å². The summed E-state index contributed by atoms with van der Waals surface area (Å²) in [5.74, 6) is 0. The standard InChI is InChI=1S/C15H14Cl2N2O/c1-19(10-11-5-2-3-8-14(11)17)15(20)18-13-7-4-6-12(16)9-13/h2-9H,10H2,1H3,(H,18,20). The first-order valence-corrected chi connectivity index (χ1v) is 6.83. The Morgan fingerprint density at radius 1 is 1.15 bits per heavy atom. The lowest BCUT2D eigenvalue weighted by molar-refractivity contribution is 0.220. The fraction of sp³-hybridized carbons (Fsp3) is 0.133. The normalized spacial score (nSPS) is 10.2. The molecular formula is C15H14Cl2N2O. The van der Waals surface area contributed by atoms with Crippen molar-refractivity contribution in [2.75, 3.05) is 12.4 Å². The van der Waals surface area contributed by atoms with Crippen molar-refractivity contribution in [1.29, 1.82) is 0 Å². The average Bonchev–Trinajstić information content (AvgIpc) is 2.41. The van der Waals surface area contributed by atoms with Gasteiger partial charge in [-0.3, -0.25) is 0 Å². The molecule has 104 valence electrons. The third kappa shape index (κ3) is 3.89. The summed E-state index contributed by atoms with van der Waals surface area (Å²) in [6, 6.07) is 14.3. The zero-order valence-corrected chi connectivity index (χ0v) is 12.4. The van der Waals surface area contributed by atoms with E-state index in [2.05, 4.69) is 5.32 Å². The maximum Gasteiger partial charge on any atom is 0.321 e. The Hall–Kier alpha value is -1.71. The van der Waals surface area contributed by atoms with Gasteiger partial charge in [-0.25, -0.2) is 4.79 Å². The van der Waals surface area contributed by atoms with Gasteiger partial charge in [0.05, 0.1) is 0 Å². The lowest BCUT2D eigenvalue weighted by Gasteiger charge is -2.18. The van der Waals surface area contributed by atoms with E-state index >= 15 is 0 Å². The smallest absolute Gasteiger partial charge is 0.321 e. The van der Waals surface area contributed by atoms with Crippen LogP contribution in [-0.4, -0.2) is 18.0 Å². The minimum absolute atomic E-state index is 0.216. The number of benzene rings is 2. The van der Waals surface area contributed by atoms with Crippen LogP contribution in [0.3, 0.4) is 0 Å². The minimum Gasteiger partial charge on any atom is -0.323 e. The van der Waals surface area contributed by atoms with Gasteiger partial charge in [-0.2, -0.15) is 0 Å². The lowest BCUT2D eigenvalue weighted by Crippen LogP contribution is -2.30. The number of nitrogens with zero attached hydrogens (tertiary/aromatic N) is 1. The van der Waals surface area contributed by atoms with Crippen molar-refractivity contribution in [1.82, 2.24) is 4.90 Å². The summed E-state index contributed by atoms with van der Waals surface area (Å²) in [6.07, 6.45) is 0. The van der Waals surface area contributed by atoms with Gasteiger partial charge in [-0.15, -0.1) is 0 Å². The SMILES string of the molecule is CN(Cc1ccccc1Cl)C(=O)Nc1cccc(Cl)c1. The van der Waals surface area contributed by atoms with Crippen LogP contribution in [-0.2, 0) is 6.54 Å². The van der Waals surface area contributed by atoms with Gasteiger partial charge in [0, 0.05) is 29.3 Å². The second-order valence-electron chi connectivity index (χ2n) is 4.39. The van der Waals surface area contributed by atoms with E-state index in [0.717, 1.165) is 5.56 Å². The molecule has 0 radical (unpaired) electrons. The Balaban J connectivity index is 2.01. The van der Waals surface area contributed by atoms with Crippen molar-refractivity contribution in [2.24, 2.45) is 0 Å². The van der Waals surface area contributed by atoms with Crippen molar-refractivity contribution < 1.29 is 4.79 Å². The van der Waals surface area contributed by atoms with Crippen LogP contribution >= 0.6 is 23.2 Å². The molecule has 5 heteroatoms. The van der Waals surface area contributed by atoms with E-state index in [1.165, 1.54) is 0 Å². The fourth-order valence-electron chi connectivity index (χ4n) is 1.74. The predicted octanol–water partition coefficient (Wildman–Crippen LogP) is 4.66. The van der Waals surface area contributed by atoms with E-state index in [9.17, 15) is 4.79 Å². The molecule has 1 N–H and O–H groups in total. The predicted molar refractivity (Wildman–Crippen MR) is 83.4 cm³/mol. The Bertz CT molecular complexity index is 616. The van der Waals surface area contributed by atoms with Crippen molar-refractivity contribution in [3.63, 3.8) is 0 Å². The van der Waals surface area contributed by atoms with Crippen LogP contribution in [0.15, 0.2) is 48.5 Å². The third-order valence-electron chi connectivity index (χ3n) is 2.79. The molecule has 20 heavy (non-hydrogen) atoms. The van der Waals surface area contributed by atoms with Gasteiger partial charge in [0.25, 0.3) is 0 Å². The zero-order chi connectivity index (χ0) is 14.5. The molecule has 0 atom stereocenters. The first kappa shape index (κ1) is 14.7. The van der Waals surface area contributed by atoms with E-state index in [-0.39, 0.29) is 6.03 Å². The van der Waals surface area contributed by atoms with Crippen LogP contribution in [0.25, 0.3) is 0 Å². The molecule has 0 saturated carbocycles. The molecule has 0 aromatic heterocycles. The summed E-state index contributed by atoms with van der Waals surface area (Å²) in [4.78, 5) is 13.6. The van der Waals surface area contributed by atoms with Crippen LogP contribution in [0.4, 0.5) is 10.5 Å². The average molecular weight is 309 g/mol. The van der Waals surface area contributed by atoms with E-state index in [1.807, 2.05) is 18.2 Å². The fourth-order valence-corrected chi connectivity index (χ4v) is 2.12. The first-order valence-electron chi connectivity index (χ1n) is 6.07. The third-order valence-corrected chi connectivity index (χ3v) is 3.39. The molecule has 0 fully saturated rings. The van der Waals surface area contributed by atoms with Crippen LogP contribution in [0.1, 0.15) is 5.56 Å². The zero-order valence-electron chi connectivity index (χ0n) is 10.9. The molecule has 0 heterocycles.